The van der Waals surface area contributed by atoms with Gasteiger partial charge >= 0.3 is 0 Å². The van der Waals surface area contributed by atoms with Gasteiger partial charge < -0.3 is 5.73 Å². The zero-order valence-corrected chi connectivity index (χ0v) is 12.7. The third-order valence-corrected chi connectivity index (χ3v) is 3.95. The Hall–Kier alpha value is -2.32. The molecule has 1 aromatic carbocycles. The Morgan fingerprint density at radius 3 is 2.81 bits per heavy atom. The Bertz CT molecular complexity index is 771. The predicted octanol–water partition coefficient (Wildman–Crippen LogP) is 2.96. The number of pyridine rings is 1. The maximum Gasteiger partial charge on any atom is 0.185 e. The average molecular weight is 297 g/mol. The smallest absolute Gasteiger partial charge is 0.185 e. The number of fused-ring (bicyclic) bond motifs is 1. The molecule has 2 N–H and O–H groups in total. The van der Waals surface area contributed by atoms with E-state index in [1.54, 1.807) is 6.92 Å². The molecule has 106 valence electrons. The largest absolute Gasteiger partial charge is 0.401 e. The highest BCUT2D eigenvalue weighted by Crippen LogP contribution is 2.24. The molecule has 2 rings (SSSR count). The Kier molecular flexibility index (Phi) is 4.61. The Balaban J connectivity index is 2.20. The normalized spacial score (nSPS) is 11.9. The van der Waals surface area contributed by atoms with Crippen LogP contribution in [0.1, 0.15) is 12.5 Å². The van der Waals surface area contributed by atoms with Gasteiger partial charge in [0.2, 0.25) is 0 Å². The molecule has 0 radical (unpaired) electrons. The van der Waals surface area contributed by atoms with Gasteiger partial charge in [-0.1, -0.05) is 30.0 Å². The number of carbonyl (C=O) groups excluding carboxylic acids is 1. The van der Waals surface area contributed by atoms with E-state index in [0.717, 1.165) is 21.5 Å². The molecule has 0 unspecified atom stereocenters. The summed E-state index contributed by atoms with van der Waals surface area (Å²) < 4.78 is 0. The van der Waals surface area contributed by atoms with E-state index in [1.165, 1.54) is 11.8 Å². The molecule has 0 saturated heterocycles. The minimum absolute atomic E-state index is 0.0278. The molecule has 21 heavy (non-hydrogen) atoms. The molecule has 2 aromatic rings. The van der Waals surface area contributed by atoms with Crippen LogP contribution >= 0.6 is 11.8 Å². The molecule has 1 heterocycles. The van der Waals surface area contributed by atoms with E-state index < -0.39 is 0 Å². The van der Waals surface area contributed by atoms with Gasteiger partial charge in [-0.3, -0.25) is 4.79 Å². The second kappa shape index (κ2) is 6.42. The third-order valence-electron chi connectivity index (χ3n) is 3.04. The van der Waals surface area contributed by atoms with E-state index in [0.29, 0.717) is 0 Å². The van der Waals surface area contributed by atoms with E-state index >= 15 is 0 Å². The zero-order chi connectivity index (χ0) is 15.4. The fraction of sp³-hybridized carbons (Fsp3) is 0.188. The van der Waals surface area contributed by atoms with Crippen LogP contribution in [0.5, 0.6) is 0 Å². The number of hydrogen-bond acceptors (Lipinski definition) is 5. The number of allylic oxidation sites excluding steroid dienone is 2. The number of aryl methyl sites for hydroxylation is 1. The lowest BCUT2D eigenvalue weighted by Crippen LogP contribution is -2.10. The highest BCUT2D eigenvalue weighted by molar-refractivity contribution is 7.99. The van der Waals surface area contributed by atoms with Crippen LogP contribution in [0.2, 0.25) is 0 Å². The van der Waals surface area contributed by atoms with Crippen molar-refractivity contribution in [3.05, 3.63) is 47.2 Å². The molecule has 0 aliphatic carbocycles. The van der Waals surface area contributed by atoms with Crippen LogP contribution in [-0.2, 0) is 4.79 Å². The van der Waals surface area contributed by atoms with E-state index in [9.17, 15) is 4.79 Å². The van der Waals surface area contributed by atoms with Crippen LogP contribution in [0.25, 0.3) is 10.9 Å². The zero-order valence-electron chi connectivity index (χ0n) is 11.9. The lowest BCUT2D eigenvalue weighted by molar-refractivity contribution is -0.112. The summed E-state index contributed by atoms with van der Waals surface area (Å²) in [6.45, 7) is 3.57. The number of nitrogens with two attached hydrogens (primary N) is 1. The van der Waals surface area contributed by atoms with E-state index in [-0.39, 0.29) is 22.8 Å². The first-order valence-electron chi connectivity index (χ1n) is 6.41. The van der Waals surface area contributed by atoms with Crippen molar-refractivity contribution < 1.29 is 4.79 Å². The number of nitrogens with zero attached hydrogens (tertiary/aromatic N) is 2. The average Bonchev–Trinajstić information content (AvgIpc) is 2.45. The maximum atomic E-state index is 11.9. The molecule has 1 aromatic heterocycles. The number of para-hydroxylation sites is 1. The minimum Gasteiger partial charge on any atom is -0.401 e. The number of ketones is 1. The van der Waals surface area contributed by atoms with Gasteiger partial charge in [0, 0.05) is 11.1 Å². The molecule has 4 nitrogen and oxygen atoms in total. The first kappa shape index (κ1) is 15.1. The van der Waals surface area contributed by atoms with Gasteiger partial charge in [-0.25, -0.2) is 4.98 Å². The standard InChI is InChI=1S/C16H15N3OS/c1-10-7-16(19-14-6-4-3-5-12(10)14)21-9-15(20)13(8-17)11(2)18/h3-7H,9,18H2,1-2H3/b13-11+. The van der Waals surface area contributed by atoms with E-state index in [2.05, 4.69) is 4.98 Å². The first-order chi connectivity index (χ1) is 10.0. The van der Waals surface area contributed by atoms with Crippen molar-refractivity contribution >= 4 is 28.4 Å². The lowest BCUT2D eigenvalue weighted by atomic mass is 10.1. The van der Waals surface area contributed by atoms with Gasteiger partial charge in [0.25, 0.3) is 0 Å². The van der Waals surface area contributed by atoms with Gasteiger partial charge in [0.15, 0.2) is 5.78 Å². The van der Waals surface area contributed by atoms with Gasteiger partial charge in [0.1, 0.15) is 11.6 Å². The van der Waals surface area contributed by atoms with Gasteiger partial charge in [-0.15, -0.1) is 0 Å². The maximum absolute atomic E-state index is 11.9. The molecule has 0 fully saturated rings. The summed E-state index contributed by atoms with van der Waals surface area (Å²) >= 11 is 1.32. The fourth-order valence-electron chi connectivity index (χ4n) is 1.97. The molecule has 0 atom stereocenters. The Labute approximate surface area is 127 Å². The van der Waals surface area contributed by atoms with Crippen LogP contribution in [0.4, 0.5) is 0 Å². The number of carbonyl (C=O) groups is 1. The van der Waals surface area contributed by atoms with E-state index in [1.807, 2.05) is 43.3 Å². The van der Waals surface area contributed by atoms with Crippen LogP contribution in [0.3, 0.4) is 0 Å². The summed E-state index contributed by atoms with van der Waals surface area (Å²) in [5, 5.41) is 10.8. The topological polar surface area (TPSA) is 79.8 Å². The van der Waals surface area contributed by atoms with Crippen molar-refractivity contribution in [3.63, 3.8) is 0 Å². The lowest BCUT2D eigenvalue weighted by Gasteiger charge is -2.06. The number of benzene rings is 1. The molecule has 0 spiro atoms. The summed E-state index contributed by atoms with van der Waals surface area (Å²) in [7, 11) is 0. The van der Waals surface area contributed by atoms with Crippen molar-refractivity contribution in [1.29, 1.82) is 5.26 Å². The monoisotopic (exact) mass is 297 g/mol. The predicted molar refractivity (Wildman–Crippen MR) is 84.7 cm³/mol. The molecular weight excluding hydrogens is 282 g/mol. The Morgan fingerprint density at radius 2 is 2.14 bits per heavy atom. The quantitative estimate of drug-likeness (QED) is 0.533. The number of nitriles is 1. The molecule has 0 amide bonds. The number of rotatable bonds is 4. The Morgan fingerprint density at radius 1 is 1.43 bits per heavy atom. The number of aromatic nitrogens is 1. The first-order valence-corrected chi connectivity index (χ1v) is 7.40. The fourth-order valence-corrected chi connectivity index (χ4v) is 2.82. The van der Waals surface area contributed by atoms with Gasteiger partial charge in [-0.2, -0.15) is 5.26 Å². The summed E-state index contributed by atoms with van der Waals surface area (Å²) in [6, 6.07) is 11.7. The SMILES string of the molecule is C/C(N)=C(/C#N)C(=O)CSc1cc(C)c2ccccc2n1. The van der Waals surface area contributed by atoms with Crippen LogP contribution in [0.15, 0.2) is 46.6 Å². The molecule has 5 heteroatoms. The van der Waals surface area contributed by atoms with Gasteiger partial charge in [0.05, 0.1) is 16.3 Å². The number of thioether (sulfide) groups is 1. The second-order valence-corrected chi connectivity index (χ2v) is 5.67. The molecule has 0 aliphatic heterocycles. The highest BCUT2D eigenvalue weighted by atomic mass is 32.2. The molecule has 0 bridgehead atoms. The summed E-state index contributed by atoms with van der Waals surface area (Å²) in [5.74, 6) is -0.113. The van der Waals surface area contributed by atoms with Crippen molar-refractivity contribution in [2.45, 2.75) is 18.9 Å². The van der Waals surface area contributed by atoms with Crippen molar-refractivity contribution in [2.24, 2.45) is 5.73 Å². The van der Waals surface area contributed by atoms with Crippen LogP contribution in [0, 0.1) is 18.3 Å². The van der Waals surface area contributed by atoms with Crippen molar-refractivity contribution in [3.8, 4) is 6.07 Å². The summed E-state index contributed by atoms with van der Waals surface area (Å²) in [6.07, 6.45) is 0. The second-order valence-electron chi connectivity index (χ2n) is 4.68. The molecular formula is C16H15N3OS. The molecule has 0 aliphatic rings. The summed E-state index contributed by atoms with van der Waals surface area (Å²) in [5.41, 5.74) is 7.82. The minimum atomic E-state index is -0.268. The van der Waals surface area contributed by atoms with Gasteiger partial charge in [-0.05, 0) is 31.5 Å². The van der Waals surface area contributed by atoms with E-state index in [4.69, 9.17) is 11.0 Å². The van der Waals surface area contributed by atoms with Crippen molar-refractivity contribution in [1.82, 2.24) is 4.98 Å². The number of Topliss-reactive ketones (excluding diaryl/α,β-unsaturated/α-hetero) is 1. The van der Waals surface area contributed by atoms with Crippen LogP contribution in [-0.4, -0.2) is 16.5 Å². The number of hydrogen-bond donors (Lipinski definition) is 1. The van der Waals surface area contributed by atoms with Crippen molar-refractivity contribution in [2.75, 3.05) is 5.75 Å². The molecule has 0 saturated carbocycles. The third kappa shape index (κ3) is 3.41. The van der Waals surface area contributed by atoms with Crippen LogP contribution < -0.4 is 5.73 Å². The summed E-state index contributed by atoms with van der Waals surface area (Å²) in [4.78, 5) is 16.4. The highest BCUT2D eigenvalue weighted by Gasteiger charge is 2.12.